The van der Waals surface area contributed by atoms with Crippen LogP contribution in [0.3, 0.4) is 0 Å². The Balaban J connectivity index is 1.42. The largest absolute Gasteiger partial charge is 0.361 e. The van der Waals surface area contributed by atoms with E-state index in [9.17, 15) is 9.18 Å². The standard InChI is InChI=1S/C21H26FN5OS/c1-2-23-21(25-10-4-9-24-20(28)19-5-3-12-29-19)26-11-8-15-14-27-18-13-16(22)6-7-17(15)18/h3,5-7,12-14,27H,2,4,8-11H2,1H3,(H,24,28)(H2,23,25,26). The highest BCUT2D eigenvalue weighted by molar-refractivity contribution is 7.12. The van der Waals surface area contributed by atoms with E-state index in [1.165, 1.54) is 23.5 Å². The Hall–Kier alpha value is -2.87. The summed E-state index contributed by atoms with van der Waals surface area (Å²) in [6.07, 6.45) is 3.49. The van der Waals surface area contributed by atoms with E-state index < -0.39 is 0 Å². The lowest BCUT2D eigenvalue weighted by molar-refractivity contribution is 0.0957. The zero-order valence-corrected chi connectivity index (χ0v) is 17.2. The second-order valence-corrected chi connectivity index (χ2v) is 7.48. The number of halogens is 1. The maximum absolute atomic E-state index is 13.3. The van der Waals surface area contributed by atoms with Crippen LogP contribution in [0.2, 0.25) is 0 Å². The van der Waals surface area contributed by atoms with Crippen LogP contribution in [0.1, 0.15) is 28.6 Å². The van der Waals surface area contributed by atoms with Gasteiger partial charge in [0.15, 0.2) is 5.96 Å². The highest BCUT2D eigenvalue weighted by Gasteiger charge is 2.06. The second-order valence-electron chi connectivity index (χ2n) is 6.53. The first-order valence-electron chi connectivity index (χ1n) is 9.76. The number of carbonyl (C=O) groups excluding carboxylic acids is 1. The minimum Gasteiger partial charge on any atom is -0.361 e. The van der Waals surface area contributed by atoms with Crippen molar-refractivity contribution in [3.63, 3.8) is 0 Å². The molecule has 0 saturated heterocycles. The third-order valence-corrected chi connectivity index (χ3v) is 5.26. The van der Waals surface area contributed by atoms with Crippen molar-refractivity contribution in [1.29, 1.82) is 0 Å². The summed E-state index contributed by atoms with van der Waals surface area (Å²) < 4.78 is 13.3. The van der Waals surface area contributed by atoms with Crippen LogP contribution in [0.5, 0.6) is 0 Å². The highest BCUT2D eigenvalue weighted by atomic mass is 32.1. The van der Waals surface area contributed by atoms with E-state index in [4.69, 9.17) is 0 Å². The van der Waals surface area contributed by atoms with Crippen molar-refractivity contribution in [1.82, 2.24) is 20.9 Å². The molecule has 0 atom stereocenters. The van der Waals surface area contributed by atoms with Crippen molar-refractivity contribution in [3.05, 3.63) is 58.2 Å². The van der Waals surface area contributed by atoms with E-state index in [0.29, 0.717) is 19.6 Å². The number of nitrogens with zero attached hydrogens (tertiary/aromatic N) is 1. The lowest BCUT2D eigenvalue weighted by Crippen LogP contribution is -2.38. The topological polar surface area (TPSA) is 81.3 Å². The monoisotopic (exact) mass is 415 g/mol. The predicted molar refractivity (Wildman–Crippen MR) is 117 cm³/mol. The SMILES string of the molecule is CCNC(=NCCCNC(=O)c1cccs1)NCCc1c[nH]c2cc(F)ccc12. The smallest absolute Gasteiger partial charge is 0.261 e. The van der Waals surface area contributed by atoms with E-state index in [-0.39, 0.29) is 11.7 Å². The van der Waals surface area contributed by atoms with Gasteiger partial charge in [0.25, 0.3) is 5.91 Å². The summed E-state index contributed by atoms with van der Waals surface area (Å²) in [5, 5.41) is 12.4. The molecule has 0 unspecified atom stereocenters. The number of amides is 1. The summed E-state index contributed by atoms with van der Waals surface area (Å²) in [4.78, 5) is 20.3. The molecular formula is C21H26FN5OS. The maximum Gasteiger partial charge on any atom is 0.261 e. The molecule has 29 heavy (non-hydrogen) atoms. The molecule has 4 N–H and O–H groups in total. The first-order chi connectivity index (χ1) is 14.2. The Morgan fingerprint density at radius 1 is 1.21 bits per heavy atom. The minimum atomic E-state index is -0.239. The predicted octanol–water partition coefficient (Wildman–Crippen LogP) is 3.29. The molecule has 0 aliphatic heterocycles. The van der Waals surface area contributed by atoms with Crippen molar-refractivity contribution in [2.45, 2.75) is 19.8 Å². The Bertz CT molecular complexity index is 951. The number of rotatable bonds is 9. The molecule has 3 aromatic rings. The average Bonchev–Trinajstić information content (AvgIpc) is 3.37. The summed E-state index contributed by atoms with van der Waals surface area (Å²) in [6.45, 7) is 4.71. The summed E-state index contributed by atoms with van der Waals surface area (Å²) >= 11 is 1.44. The molecule has 8 heteroatoms. The summed E-state index contributed by atoms with van der Waals surface area (Å²) in [7, 11) is 0. The molecule has 2 aromatic heterocycles. The number of aromatic amines is 1. The number of hydrogen-bond acceptors (Lipinski definition) is 3. The van der Waals surface area contributed by atoms with Gasteiger partial charge in [0, 0.05) is 43.3 Å². The van der Waals surface area contributed by atoms with Crippen LogP contribution in [0.15, 0.2) is 46.9 Å². The number of aliphatic imine (C=N–C) groups is 1. The molecule has 0 aliphatic carbocycles. The van der Waals surface area contributed by atoms with Crippen molar-refractivity contribution < 1.29 is 9.18 Å². The van der Waals surface area contributed by atoms with E-state index in [1.54, 1.807) is 6.07 Å². The number of benzene rings is 1. The van der Waals surface area contributed by atoms with Crippen LogP contribution in [0.4, 0.5) is 4.39 Å². The van der Waals surface area contributed by atoms with Crippen molar-refractivity contribution in [2.75, 3.05) is 26.2 Å². The van der Waals surface area contributed by atoms with Crippen LogP contribution < -0.4 is 16.0 Å². The number of hydrogen-bond donors (Lipinski definition) is 4. The number of thiophene rings is 1. The Morgan fingerprint density at radius 2 is 2.10 bits per heavy atom. The number of H-pyrrole nitrogens is 1. The molecule has 0 bridgehead atoms. The minimum absolute atomic E-state index is 0.0346. The summed E-state index contributed by atoms with van der Waals surface area (Å²) in [6, 6.07) is 8.48. The van der Waals surface area contributed by atoms with Crippen LogP contribution >= 0.6 is 11.3 Å². The van der Waals surface area contributed by atoms with Crippen molar-refractivity contribution in [3.8, 4) is 0 Å². The molecule has 0 fully saturated rings. The molecule has 154 valence electrons. The van der Waals surface area contributed by atoms with Crippen molar-refractivity contribution >= 4 is 34.1 Å². The average molecular weight is 416 g/mol. The van der Waals surface area contributed by atoms with Gasteiger partial charge in [-0.1, -0.05) is 6.07 Å². The van der Waals surface area contributed by atoms with Crippen LogP contribution in [-0.2, 0) is 6.42 Å². The van der Waals surface area contributed by atoms with Gasteiger partial charge >= 0.3 is 0 Å². The Kier molecular flexibility index (Phi) is 7.63. The molecule has 2 heterocycles. The van der Waals surface area contributed by atoms with Gasteiger partial charge in [-0.3, -0.25) is 9.79 Å². The quantitative estimate of drug-likeness (QED) is 0.246. The first-order valence-corrected chi connectivity index (χ1v) is 10.6. The van der Waals surface area contributed by atoms with Crippen LogP contribution in [0, 0.1) is 5.82 Å². The number of nitrogens with one attached hydrogen (secondary N) is 4. The van der Waals surface area contributed by atoms with Gasteiger partial charge in [0.2, 0.25) is 0 Å². The van der Waals surface area contributed by atoms with E-state index in [0.717, 1.165) is 46.7 Å². The van der Waals surface area contributed by atoms with Gasteiger partial charge < -0.3 is 20.9 Å². The maximum atomic E-state index is 13.3. The lowest BCUT2D eigenvalue weighted by Gasteiger charge is -2.11. The van der Waals surface area contributed by atoms with Crippen LogP contribution in [-0.4, -0.2) is 43.0 Å². The molecule has 0 radical (unpaired) electrons. The fourth-order valence-electron chi connectivity index (χ4n) is 2.99. The molecule has 0 aliphatic rings. The molecule has 6 nitrogen and oxygen atoms in total. The third-order valence-electron chi connectivity index (χ3n) is 4.40. The molecule has 0 saturated carbocycles. The number of fused-ring (bicyclic) bond motifs is 1. The van der Waals surface area contributed by atoms with Gasteiger partial charge in [-0.25, -0.2) is 4.39 Å². The molecular weight excluding hydrogens is 389 g/mol. The fourth-order valence-corrected chi connectivity index (χ4v) is 3.63. The van der Waals surface area contributed by atoms with E-state index in [2.05, 4.69) is 25.9 Å². The van der Waals surface area contributed by atoms with Gasteiger partial charge in [0.1, 0.15) is 5.82 Å². The van der Waals surface area contributed by atoms with Crippen molar-refractivity contribution in [2.24, 2.45) is 4.99 Å². The zero-order chi connectivity index (χ0) is 20.5. The van der Waals surface area contributed by atoms with Gasteiger partial charge in [0.05, 0.1) is 4.88 Å². The van der Waals surface area contributed by atoms with E-state index >= 15 is 0 Å². The summed E-state index contributed by atoms with van der Waals surface area (Å²) in [5.74, 6) is 0.479. The second kappa shape index (κ2) is 10.6. The molecule has 1 amide bonds. The first kappa shape index (κ1) is 20.9. The number of carbonyl (C=O) groups is 1. The Morgan fingerprint density at radius 3 is 2.90 bits per heavy atom. The fraction of sp³-hybridized carbons (Fsp3) is 0.333. The van der Waals surface area contributed by atoms with Gasteiger partial charge in [-0.15, -0.1) is 11.3 Å². The highest BCUT2D eigenvalue weighted by Crippen LogP contribution is 2.19. The van der Waals surface area contributed by atoms with E-state index in [1.807, 2.05) is 30.6 Å². The molecule has 3 rings (SSSR count). The zero-order valence-electron chi connectivity index (χ0n) is 16.4. The Labute approximate surface area is 173 Å². The molecule has 1 aromatic carbocycles. The lowest BCUT2D eigenvalue weighted by atomic mass is 10.1. The summed E-state index contributed by atoms with van der Waals surface area (Å²) in [5.41, 5.74) is 1.95. The van der Waals surface area contributed by atoms with Gasteiger partial charge in [-0.2, -0.15) is 0 Å². The van der Waals surface area contributed by atoms with Gasteiger partial charge in [-0.05, 0) is 55.0 Å². The third kappa shape index (κ3) is 6.05. The number of guanidine groups is 1. The normalized spacial score (nSPS) is 11.6. The molecule has 0 spiro atoms. The van der Waals surface area contributed by atoms with Crippen LogP contribution in [0.25, 0.3) is 10.9 Å². The number of aromatic nitrogens is 1.